The molecule has 1 heterocycles. The summed E-state index contributed by atoms with van der Waals surface area (Å²) in [7, 11) is 1.80. The van der Waals surface area contributed by atoms with Gasteiger partial charge in [-0.15, -0.1) is 0 Å². The third-order valence-corrected chi connectivity index (χ3v) is 2.22. The van der Waals surface area contributed by atoms with Crippen molar-refractivity contribution in [2.45, 2.75) is 19.5 Å². The Balaban J connectivity index is 2.42. The van der Waals surface area contributed by atoms with Crippen LogP contribution < -0.4 is 10.6 Å². The largest absolute Gasteiger partial charge is 0.389 e. The average molecular weight is 241 g/mol. The van der Waals surface area contributed by atoms with Gasteiger partial charge in [-0.05, 0) is 18.9 Å². The van der Waals surface area contributed by atoms with Crippen LogP contribution in [0.3, 0.4) is 0 Å². The number of carbonyl (C=O) groups excluding carboxylic acids is 1. The van der Waals surface area contributed by atoms with Gasteiger partial charge in [0.1, 0.15) is 6.54 Å². The first-order chi connectivity index (χ1) is 8.02. The van der Waals surface area contributed by atoms with Crippen LogP contribution in [-0.2, 0) is 11.3 Å². The van der Waals surface area contributed by atoms with E-state index in [1.54, 1.807) is 7.05 Å². The summed E-state index contributed by atoms with van der Waals surface area (Å²) in [6, 6.07) is 1.43. The molecular weight excluding hydrogens is 226 g/mol. The second-order valence-electron chi connectivity index (χ2n) is 3.62. The maximum absolute atomic E-state index is 11.4. The molecule has 8 nitrogen and oxygen atoms in total. The van der Waals surface area contributed by atoms with Crippen LogP contribution in [0.1, 0.15) is 6.92 Å². The smallest absolute Gasteiger partial charge is 0.358 e. The van der Waals surface area contributed by atoms with Crippen LogP contribution in [0.4, 0.5) is 5.82 Å². The number of nitro groups is 1. The minimum absolute atomic E-state index is 0.0235. The summed E-state index contributed by atoms with van der Waals surface area (Å²) < 4.78 is 1.23. The molecule has 0 aliphatic heterocycles. The summed E-state index contributed by atoms with van der Waals surface area (Å²) in [5.41, 5.74) is 0. The zero-order chi connectivity index (χ0) is 12.8. The standard InChI is InChI=1S/C9H15N5O3/c1-7(10-2)5-11-9(15)6-13-4-3-8(12-13)14(16)17/h3-4,7,10H,5-6H2,1-2H3,(H,11,15). The Kier molecular flexibility index (Phi) is 4.58. The number of carbonyl (C=O) groups is 1. The number of aromatic nitrogens is 2. The van der Waals surface area contributed by atoms with Crippen molar-refractivity contribution in [3.63, 3.8) is 0 Å². The fourth-order valence-corrected chi connectivity index (χ4v) is 1.11. The quantitative estimate of drug-likeness (QED) is 0.517. The van der Waals surface area contributed by atoms with Gasteiger partial charge in [-0.2, -0.15) is 4.68 Å². The molecule has 0 aromatic carbocycles. The minimum atomic E-state index is -0.600. The van der Waals surface area contributed by atoms with Gasteiger partial charge in [0, 0.05) is 12.6 Å². The Morgan fingerprint density at radius 2 is 2.41 bits per heavy atom. The number of hydrogen-bond donors (Lipinski definition) is 2. The number of rotatable bonds is 6. The van der Waals surface area contributed by atoms with Crippen molar-refractivity contribution in [3.05, 3.63) is 22.4 Å². The molecule has 17 heavy (non-hydrogen) atoms. The van der Waals surface area contributed by atoms with E-state index in [0.29, 0.717) is 6.54 Å². The second-order valence-corrected chi connectivity index (χ2v) is 3.62. The number of nitrogens with zero attached hydrogens (tertiary/aromatic N) is 3. The fourth-order valence-electron chi connectivity index (χ4n) is 1.11. The molecule has 94 valence electrons. The molecule has 1 atom stereocenters. The topological polar surface area (TPSA) is 102 Å². The van der Waals surface area contributed by atoms with E-state index >= 15 is 0 Å². The number of nitrogens with one attached hydrogen (secondary N) is 2. The molecule has 0 aliphatic rings. The third kappa shape index (κ3) is 4.19. The SMILES string of the molecule is CNC(C)CNC(=O)Cn1ccc([N+](=O)[O-])n1. The Bertz CT molecular complexity index is 403. The van der Waals surface area contributed by atoms with E-state index in [9.17, 15) is 14.9 Å². The first-order valence-corrected chi connectivity index (χ1v) is 5.14. The van der Waals surface area contributed by atoms with Crippen molar-refractivity contribution in [2.24, 2.45) is 0 Å². The van der Waals surface area contributed by atoms with Crippen molar-refractivity contribution in [1.29, 1.82) is 0 Å². The lowest BCUT2D eigenvalue weighted by Crippen LogP contribution is -2.38. The maximum Gasteiger partial charge on any atom is 0.389 e. The van der Waals surface area contributed by atoms with Crippen LogP contribution in [0.5, 0.6) is 0 Å². The fraction of sp³-hybridized carbons (Fsp3) is 0.556. The molecule has 0 aliphatic carbocycles. The Hall–Kier alpha value is -1.96. The van der Waals surface area contributed by atoms with Crippen LogP contribution in [0.25, 0.3) is 0 Å². The van der Waals surface area contributed by atoms with Crippen molar-refractivity contribution < 1.29 is 9.72 Å². The number of likely N-dealkylation sites (N-methyl/N-ethyl adjacent to an activating group) is 1. The van der Waals surface area contributed by atoms with Crippen molar-refractivity contribution in [1.82, 2.24) is 20.4 Å². The molecule has 1 unspecified atom stereocenters. The highest BCUT2D eigenvalue weighted by Gasteiger charge is 2.13. The summed E-state index contributed by atoms with van der Waals surface area (Å²) in [6.45, 7) is 2.40. The molecule has 2 N–H and O–H groups in total. The predicted octanol–water partition coefficient (Wildman–Crippen LogP) is -0.485. The minimum Gasteiger partial charge on any atom is -0.358 e. The van der Waals surface area contributed by atoms with Crippen LogP contribution in [0.2, 0.25) is 0 Å². The summed E-state index contributed by atoms with van der Waals surface area (Å²) >= 11 is 0. The van der Waals surface area contributed by atoms with Gasteiger partial charge in [-0.3, -0.25) is 4.79 Å². The highest BCUT2D eigenvalue weighted by molar-refractivity contribution is 5.75. The van der Waals surface area contributed by atoms with Gasteiger partial charge in [0.2, 0.25) is 5.91 Å². The molecule has 1 rings (SSSR count). The lowest BCUT2D eigenvalue weighted by molar-refractivity contribution is -0.389. The van der Waals surface area contributed by atoms with E-state index < -0.39 is 4.92 Å². The van der Waals surface area contributed by atoms with E-state index in [1.807, 2.05) is 6.92 Å². The molecule has 0 saturated carbocycles. The molecular formula is C9H15N5O3. The van der Waals surface area contributed by atoms with Gasteiger partial charge < -0.3 is 20.7 Å². The first-order valence-electron chi connectivity index (χ1n) is 5.14. The Morgan fingerprint density at radius 3 is 2.94 bits per heavy atom. The van der Waals surface area contributed by atoms with Gasteiger partial charge >= 0.3 is 5.82 Å². The lowest BCUT2D eigenvalue weighted by Gasteiger charge is -2.10. The summed E-state index contributed by atoms with van der Waals surface area (Å²) in [5, 5.41) is 19.7. The Morgan fingerprint density at radius 1 is 1.71 bits per heavy atom. The van der Waals surface area contributed by atoms with Crippen LogP contribution in [-0.4, -0.2) is 40.2 Å². The second kappa shape index (κ2) is 5.94. The van der Waals surface area contributed by atoms with E-state index in [-0.39, 0.29) is 24.3 Å². The van der Waals surface area contributed by atoms with Gasteiger partial charge in [-0.25, -0.2) is 0 Å². The highest BCUT2D eigenvalue weighted by atomic mass is 16.6. The van der Waals surface area contributed by atoms with Gasteiger partial charge in [-0.1, -0.05) is 0 Å². The Labute approximate surface area is 98.1 Å². The van der Waals surface area contributed by atoms with E-state index in [0.717, 1.165) is 0 Å². The average Bonchev–Trinajstić information content (AvgIpc) is 2.74. The monoisotopic (exact) mass is 241 g/mol. The first kappa shape index (κ1) is 13.1. The van der Waals surface area contributed by atoms with Crippen molar-refractivity contribution in [2.75, 3.05) is 13.6 Å². The van der Waals surface area contributed by atoms with Gasteiger partial charge in [0.05, 0.1) is 17.4 Å². The summed E-state index contributed by atoms with van der Waals surface area (Å²) in [6.07, 6.45) is 1.40. The summed E-state index contributed by atoms with van der Waals surface area (Å²) in [5.74, 6) is -0.494. The normalized spacial score (nSPS) is 12.1. The highest BCUT2D eigenvalue weighted by Crippen LogP contribution is 2.04. The maximum atomic E-state index is 11.4. The zero-order valence-corrected chi connectivity index (χ0v) is 9.71. The lowest BCUT2D eigenvalue weighted by atomic mass is 10.3. The zero-order valence-electron chi connectivity index (χ0n) is 9.71. The van der Waals surface area contributed by atoms with Crippen molar-refractivity contribution >= 4 is 11.7 Å². The molecule has 1 amide bonds. The third-order valence-electron chi connectivity index (χ3n) is 2.22. The van der Waals surface area contributed by atoms with Gasteiger partial charge in [0.25, 0.3) is 0 Å². The summed E-state index contributed by atoms with van der Waals surface area (Å²) in [4.78, 5) is 21.2. The van der Waals surface area contributed by atoms with Crippen molar-refractivity contribution in [3.8, 4) is 0 Å². The van der Waals surface area contributed by atoms with Gasteiger partial charge in [0.15, 0.2) is 0 Å². The van der Waals surface area contributed by atoms with Crippen LogP contribution in [0.15, 0.2) is 12.3 Å². The number of amides is 1. The molecule has 0 spiro atoms. The van der Waals surface area contributed by atoms with E-state index in [4.69, 9.17) is 0 Å². The van der Waals surface area contributed by atoms with Crippen LogP contribution in [0, 0.1) is 10.1 Å². The molecule has 0 bridgehead atoms. The molecule has 0 saturated heterocycles. The van der Waals surface area contributed by atoms with E-state index in [2.05, 4.69) is 15.7 Å². The molecule has 0 radical (unpaired) electrons. The number of hydrogen-bond acceptors (Lipinski definition) is 5. The molecule has 1 aromatic rings. The molecule has 8 heteroatoms. The molecule has 1 aromatic heterocycles. The van der Waals surface area contributed by atoms with E-state index in [1.165, 1.54) is 16.9 Å². The predicted molar refractivity (Wildman–Crippen MR) is 60.4 cm³/mol. The molecule has 0 fully saturated rings. The van der Waals surface area contributed by atoms with Crippen LogP contribution >= 0.6 is 0 Å².